The molecule has 10 nitrogen and oxygen atoms in total. The summed E-state index contributed by atoms with van der Waals surface area (Å²) < 4.78 is 37.0. The van der Waals surface area contributed by atoms with Crippen molar-refractivity contribution in [2.45, 2.75) is 18.9 Å². The van der Waals surface area contributed by atoms with Gasteiger partial charge in [0.2, 0.25) is 5.91 Å². The second kappa shape index (κ2) is 10.5. The number of nitrogens with zero attached hydrogens (tertiary/aromatic N) is 7. The van der Waals surface area contributed by atoms with E-state index in [1.165, 1.54) is 24.4 Å². The van der Waals surface area contributed by atoms with Gasteiger partial charge in [-0.1, -0.05) is 17.9 Å². The van der Waals surface area contributed by atoms with Crippen LogP contribution in [-0.2, 0) is 4.79 Å². The number of likely N-dealkylation sites (tertiary alicyclic amines) is 1. The van der Waals surface area contributed by atoms with Crippen molar-refractivity contribution in [3.8, 4) is 17.3 Å². The van der Waals surface area contributed by atoms with Gasteiger partial charge in [-0.2, -0.15) is 9.97 Å². The van der Waals surface area contributed by atoms with Crippen molar-refractivity contribution < 1.29 is 18.3 Å². The van der Waals surface area contributed by atoms with E-state index in [4.69, 9.17) is 10.5 Å². The van der Waals surface area contributed by atoms with E-state index in [0.29, 0.717) is 49.6 Å². The predicted octanol–water partition coefficient (Wildman–Crippen LogP) is 3.47. The number of likely N-dealkylation sites (N-methyl/N-ethyl adjacent to an activating group) is 1. The standard InChI is InChI=1S/C27H28F2N8O2S/c1-3-19(38)36-9-11-37(12-10-36)25-17-13-31-21(16-6-7-18(28)24-23(16)32-26(30)40-24)20(29)22(17)33-27(34-25)39-14-15-5-4-8-35(15)2/h3,6-7,13,15H,1,4-5,8-12,14H2,2H3,(H2,30,32)/t15-/m0/s1. The summed E-state index contributed by atoms with van der Waals surface area (Å²) in [5.41, 5.74) is 6.42. The van der Waals surface area contributed by atoms with Gasteiger partial charge in [0, 0.05) is 44.0 Å². The van der Waals surface area contributed by atoms with Crippen LogP contribution in [-0.4, -0.2) is 88.1 Å². The highest BCUT2D eigenvalue weighted by atomic mass is 32.1. The number of thiazole rings is 1. The molecule has 13 heteroatoms. The van der Waals surface area contributed by atoms with E-state index < -0.39 is 11.6 Å². The quantitative estimate of drug-likeness (QED) is 0.351. The fourth-order valence-corrected chi connectivity index (χ4v) is 6.09. The fraction of sp³-hybridized carbons (Fsp3) is 0.370. The van der Waals surface area contributed by atoms with E-state index in [9.17, 15) is 9.18 Å². The number of rotatable bonds is 6. The number of aromatic nitrogens is 4. The smallest absolute Gasteiger partial charge is 0.319 e. The molecule has 1 amide bonds. The third-order valence-electron chi connectivity index (χ3n) is 7.55. The van der Waals surface area contributed by atoms with Crippen LogP contribution in [0.2, 0.25) is 0 Å². The monoisotopic (exact) mass is 566 g/mol. The highest BCUT2D eigenvalue weighted by Gasteiger charge is 2.27. The van der Waals surface area contributed by atoms with Crippen LogP contribution in [0.1, 0.15) is 12.8 Å². The van der Waals surface area contributed by atoms with E-state index >= 15 is 4.39 Å². The number of halogens is 2. The lowest BCUT2D eigenvalue weighted by Crippen LogP contribution is -2.48. The molecule has 4 aromatic rings. The van der Waals surface area contributed by atoms with Gasteiger partial charge in [0.15, 0.2) is 10.9 Å². The molecule has 2 N–H and O–H groups in total. The molecule has 1 atom stereocenters. The largest absolute Gasteiger partial charge is 0.462 e. The molecular weight excluding hydrogens is 538 g/mol. The summed E-state index contributed by atoms with van der Waals surface area (Å²) in [7, 11) is 2.05. The lowest BCUT2D eigenvalue weighted by Gasteiger charge is -2.35. The number of carbonyl (C=O) groups excluding carboxylic acids is 1. The molecule has 0 saturated carbocycles. The molecule has 2 saturated heterocycles. The first-order chi connectivity index (χ1) is 19.3. The number of amides is 1. The van der Waals surface area contributed by atoms with Crippen LogP contribution < -0.4 is 15.4 Å². The minimum absolute atomic E-state index is 0.0182. The minimum Gasteiger partial charge on any atom is -0.462 e. The molecule has 0 aliphatic carbocycles. The molecule has 0 bridgehead atoms. The molecular formula is C27H28F2N8O2S. The first-order valence-electron chi connectivity index (χ1n) is 13.0. The Morgan fingerprint density at radius 2 is 1.98 bits per heavy atom. The molecule has 2 aliphatic rings. The third-order valence-corrected chi connectivity index (χ3v) is 8.45. The summed E-state index contributed by atoms with van der Waals surface area (Å²) in [5, 5.41) is 0.583. The number of hydrogen-bond donors (Lipinski definition) is 1. The Balaban J connectivity index is 1.43. The number of nitrogen functional groups attached to an aromatic ring is 1. The van der Waals surface area contributed by atoms with Crippen molar-refractivity contribution in [1.29, 1.82) is 0 Å². The number of fused-ring (bicyclic) bond motifs is 2. The predicted molar refractivity (Wildman–Crippen MR) is 150 cm³/mol. The number of carbonyl (C=O) groups is 1. The molecule has 2 fully saturated rings. The highest BCUT2D eigenvalue weighted by Crippen LogP contribution is 2.37. The van der Waals surface area contributed by atoms with Gasteiger partial charge >= 0.3 is 6.01 Å². The summed E-state index contributed by atoms with van der Waals surface area (Å²) in [6.45, 7) is 6.82. The minimum atomic E-state index is -0.691. The number of piperazine rings is 1. The van der Waals surface area contributed by atoms with E-state index in [2.05, 4.69) is 31.4 Å². The average Bonchev–Trinajstić information content (AvgIpc) is 3.57. The Kier molecular flexibility index (Phi) is 6.92. The summed E-state index contributed by atoms with van der Waals surface area (Å²) in [6, 6.07) is 2.98. The van der Waals surface area contributed by atoms with Crippen molar-refractivity contribution in [1.82, 2.24) is 29.7 Å². The van der Waals surface area contributed by atoms with Gasteiger partial charge in [-0.05, 0) is 44.6 Å². The molecule has 1 aromatic carbocycles. The van der Waals surface area contributed by atoms with E-state index in [-0.39, 0.29) is 44.5 Å². The van der Waals surface area contributed by atoms with Gasteiger partial charge < -0.3 is 25.2 Å². The van der Waals surface area contributed by atoms with Crippen LogP contribution >= 0.6 is 11.3 Å². The van der Waals surface area contributed by atoms with Crippen molar-refractivity contribution in [3.05, 3.63) is 42.6 Å². The molecule has 208 valence electrons. The topological polar surface area (TPSA) is 114 Å². The summed E-state index contributed by atoms with van der Waals surface area (Å²) >= 11 is 0.994. The molecule has 0 spiro atoms. The number of benzene rings is 1. The van der Waals surface area contributed by atoms with Gasteiger partial charge in [0.05, 0.1) is 15.6 Å². The molecule has 6 rings (SSSR count). The van der Waals surface area contributed by atoms with Gasteiger partial charge in [0.25, 0.3) is 0 Å². The zero-order valence-electron chi connectivity index (χ0n) is 21.9. The summed E-state index contributed by atoms with van der Waals surface area (Å²) in [5.74, 6) is -0.836. The van der Waals surface area contributed by atoms with E-state index in [1.807, 2.05) is 11.9 Å². The number of anilines is 2. The Hall–Kier alpha value is -3.97. The van der Waals surface area contributed by atoms with Crippen LogP contribution in [0.25, 0.3) is 32.4 Å². The fourth-order valence-electron chi connectivity index (χ4n) is 5.33. The maximum atomic E-state index is 16.3. The van der Waals surface area contributed by atoms with Gasteiger partial charge in [0.1, 0.15) is 29.5 Å². The van der Waals surface area contributed by atoms with Gasteiger partial charge in [-0.3, -0.25) is 9.78 Å². The molecule has 0 radical (unpaired) electrons. The summed E-state index contributed by atoms with van der Waals surface area (Å²) in [4.78, 5) is 35.8. The van der Waals surface area contributed by atoms with E-state index in [1.54, 1.807) is 4.90 Å². The third kappa shape index (κ3) is 4.68. The highest BCUT2D eigenvalue weighted by molar-refractivity contribution is 7.22. The maximum absolute atomic E-state index is 16.3. The molecule has 2 aliphatic heterocycles. The second-order valence-corrected chi connectivity index (χ2v) is 11.0. The van der Waals surface area contributed by atoms with Crippen LogP contribution in [0.5, 0.6) is 6.01 Å². The number of ether oxygens (including phenoxy) is 1. The Morgan fingerprint density at radius 1 is 1.18 bits per heavy atom. The van der Waals surface area contributed by atoms with Crippen LogP contribution in [0.3, 0.4) is 0 Å². The first-order valence-corrected chi connectivity index (χ1v) is 13.9. The molecule has 0 unspecified atom stereocenters. The number of nitrogens with two attached hydrogens (primary N) is 1. The SMILES string of the molecule is C=CC(=O)N1CCN(c2nc(OC[C@@H]3CCCN3C)nc3c(F)c(-c4ccc(F)c5sc(N)nc45)ncc23)CC1. The Labute approximate surface area is 233 Å². The second-order valence-electron chi connectivity index (χ2n) is 9.94. The zero-order valence-corrected chi connectivity index (χ0v) is 22.8. The van der Waals surface area contributed by atoms with Gasteiger partial charge in [-0.25, -0.2) is 13.8 Å². The average molecular weight is 567 g/mol. The van der Waals surface area contributed by atoms with Crippen LogP contribution in [0, 0.1) is 11.6 Å². The lowest BCUT2D eigenvalue weighted by atomic mass is 10.1. The number of pyridine rings is 1. The van der Waals surface area contributed by atoms with Gasteiger partial charge in [-0.15, -0.1) is 0 Å². The van der Waals surface area contributed by atoms with E-state index in [0.717, 1.165) is 30.7 Å². The van der Waals surface area contributed by atoms with Crippen molar-refractivity contribution in [3.63, 3.8) is 0 Å². The van der Waals surface area contributed by atoms with Crippen molar-refractivity contribution in [2.24, 2.45) is 0 Å². The Bertz CT molecular complexity index is 1620. The van der Waals surface area contributed by atoms with Crippen LogP contribution in [0.4, 0.5) is 19.7 Å². The summed E-state index contributed by atoms with van der Waals surface area (Å²) in [6.07, 6.45) is 4.89. The lowest BCUT2D eigenvalue weighted by molar-refractivity contribution is -0.126. The normalized spacial score (nSPS) is 18.1. The Morgan fingerprint density at radius 3 is 2.70 bits per heavy atom. The zero-order chi connectivity index (χ0) is 28.0. The maximum Gasteiger partial charge on any atom is 0.319 e. The number of hydrogen-bond acceptors (Lipinski definition) is 10. The van der Waals surface area contributed by atoms with Crippen molar-refractivity contribution in [2.75, 3.05) is 57.0 Å². The molecule has 40 heavy (non-hydrogen) atoms. The molecule has 5 heterocycles. The van der Waals surface area contributed by atoms with Crippen molar-refractivity contribution >= 4 is 49.3 Å². The first kappa shape index (κ1) is 26.3. The van der Waals surface area contributed by atoms with Crippen LogP contribution in [0.15, 0.2) is 31.0 Å². The molecule has 3 aromatic heterocycles.